The number of rotatable bonds is 5. The summed E-state index contributed by atoms with van der Waals surface area (Å²) in [5.41, 5.74) is 1.78. The maximum absolute atomic E-state index is 11.9. The van der Waals surface area contributed by atoms with Crippen molar-refractivity contribution in [2.24, 2.45) is 0 Å². The summed E-state index contributed by atoms with van der Waals surface area (Å²) in [6.45, 7) is 1.79. The zero-order chi connectivity index (χ0) is 13.0. The molecule has 18 heavy (non-hydrogen) atoms. The highest BCUT2D eigenvalue weighted by atomic mass is 32.2. The van der Waals surface area contributed by atoms with E-state index in [9.17, 15) is 8.42 Å². The first-order valence-electron chi connectivity index (χ1n) is 5.61. The van der Waals surface area contributed by atoms with Gasteiger partial charge >= 0.3 is 0 Å². The van der Waals surface area contributed by atoms with E-state index in [1.54, 1.807) is 13.1 Å². The molecule has 0 aliphatic carbocycles. The summed E-state index contributed by atoms with van der Waals surface area (Å²) in [7, 11) is -3.35. The molecule has 1 heterocycles. The van der Waals surface area contributed by atoms with Crippen molar-refractivity contribution in [2.45, 2.75) is 13.3 Å². The summed E-state index contributed by atoms with van der Waals surface area (Å²) in [5, 5.41) is 6.39. The van der Waals surface area contributed by atoms with Gasteiger partial charge in [-0.05, 0) is 18.9 Å². The molecule has 0 aliphatic heterocycles. The molecule has 0 fully saturated rings. The Morgan fingerprint density at radius 1 is 1.28 bits per heavy atom. The number of aromatic nitrogens is 2. The number of hydrogen-bond donors (Lipinski definition) is 2. The molecule has 0 aliphatic rings. The molecule has 1 aromatic carbocycles. The van der Waals surface area contributed by atoms with Crippen LogP contribution in [-0.2, 0) is 16.4 Å². The average molecular weight is 265 g/mol. The summed E-state index contributed by atoms with van der Waals surface area (Å²) >= 11 is 0. The van der Waals surface area contributed by atoms with Gasteiger partial charge in [-0.3, -0.25) is 9.82 Å². The van der Waals surface area contributed by atoms with Gasteiger partial charge in [0.1, 0.15) is 5.82 Å². The Kier molecular flexibility index (Phi) is 3.66. The normalized spacial score (nSPS) is 11.4. The molecular formula is C12H15N3O2S. The van der Waals surface area contributed by atoms with Crippen LogP contribution < -0.4 is 4.72 Å². The van der Waals surface area contributed by atoms with Crippen LogP contribution in [0, 0.1) is 6.92 Å². The lowest BCUT2D eigenvalue weighted by Crippen LogP contribution is -2.18. The maximum atomic E-state index is 11.9. The second-order valence-corrected chi connectivity index (χ2v) is 5.93. The molecule has 0 spiro atoms. The smallest absolute Gasteiger partial charge is 0.234 e. The number of aromatic amines is 1. The lowest BCUT2D eigenvalue weighted by atomic mass is 10.2. The fourth-order valence-electron chi connectivity index (χ4n) is 1.55. The third kappa shape index (κ3) is 3.33. The second-order valence-electron chi connectivity index (χ2n) is 4.08. The van der Waals surface area contributed by atoms with Crippen LogP contribution in [0.4, 0.5) is 5.82 Å². The molecule has 1 aromatic heterocycles. The Morgan fingerprint density at radius 3 is 2.61 bits per heavy atom. The topological polar surface area (TPSA) is 74.8 Å². The van der Waals surface area contributed by atoms with Crippen molar-refractivity contribution >= 4 is 15.8 Å². The maximum Gasteiger partial charge on any atom is 0.234 e. The van der Waals surface area contributed by atoms with Crippen LogP contribution in [0.15, 0.2) is 36.5 Å². The first-order valence-corrected chi connectivity index (χ1v) is 7.26. The zero-order valence-electron chi connectivity index (χ0n) is 10.1. The Morgan fingerprint density at radius 2 is 2.00 bits per heavy atom. The molecule has 2 aromatic rings. The Balaban J connectivity index is 1.98. The van der Waals surface area contributed by atoms with E-state index in [-0.39, 0.29) is 5.75 Å². The van der Waals surface area contributed by atoms with E-state index in [4.69, 9.17) is 0 Å². The van der Waals surface area contributed by atoms with Gasteiger partial charge in [-0.15, -0.1) is 0 Å². The molecular weight excluding hydrogens is 250 g/mol. The van der Waals surface area contributed by atoms with Crippen LogP contribution in [0.2, 0.25) is 0 Å². The molecule has 0 saturated heterocycles. The van der Waals surface area contributed by atoms with E-state index in [2.05, 4.69) is 14.9 Å². The standard InChI is InChI=1S/C12H15N3O2S/c1-10-9-13-14-12(10)15-18(16,17)8-7-11-5-3-2-4-6-11/h2-6,9H,7-8H2,1H3,(H2,13,14,15). The van der Waals surface area contributed by atoms with Gasteiger partial charge in [0.05, 0.1) is 11.9 Å². The van der Waals surface area contributed by atoms with Crippen molar-refractivity contribution in [3.63, 3.8) is 0 Å². The van der Waals surface area contributed by atoms with Crippen LogP contribution in [0.1, 0.15) is 11.1 Å². The van der Waals surface area contributed by atoms with Crippen molar-refractivity contribution in [1.29, 1.82) is 0 Å². The van der Waals surface area contributed by atoms with E-state index in [0.29, 0.717) is 12.2 Å². The third-order valence-corrected chi connectivity index (χ3v) is 3.85. The molecule has 0 bridgehead atoms. The molecule has 0 atom stereocenters. The molecule has 2 N–H and O–H groups in total. The molecule has 0 saturated carbocycles. The number of anilines is 1. The van der Waals surface area contributed by atoms with Gasteiger partial charge in [-0.2, -0.15) is 5.10 Å². The lowest BCUT2D eigenvalue weighted by molar-refractivity contribution is 0.600. The minimum absolute atomic E-state index is 0.0511. The lowest BCUT2D eigenvalue weighted by Gasteiger charge is -2.06. The van der Waals surface area contributed by atoms with Crippen LogP contribution in [-0.4, -0.2) is 24.4 Å². The van der Waals surface area contributed by atoms with Gasteiger partial charge < -0.3 is 0 Å². The van der Waals surface area contributed by atoms with E-state index in [1.807, 2.05) is 30.3 Å². The van der Waals surface area contributed by atoms with E-state index < -0.39 is 10.0 Å². The van der Waals surface area contributed by atoms with Crippen LogP contribution in [0.25, 0.3) is 0 Å². The van der Waals surface area contributed by atoms with Gasteiger partial charge in [0, 0.05) is 5.56 Å². The fraction of sp³-hybridized carbons (Fsp3) is 0.250. The zero-order valence-corrected chi connectivity index (χ0v) is 10.9. The van der Waals surface area contributed by atoms with E-state index in [0.717, 1.165) is 11.1 Å². The van der Waals surface area contributed by atoms with Crippen molar-refractivity contribution in [3.8, 4) is 0 Å². The summed E-state index contributed by atoms with van der Waals surface area (Å²) < 4.78 is 26.2. The number of nitrogens with one attached hydrogen (secondary N) is 2. The van der Waals surface area contributed by atoms with Gasteiger partial charge in [0.15, 0.2) is 0 Å². The van der Waals surface area contributed by atoms with E-state index in [1.165, 1.54) is 0 Å². The van der Waals surface area contributed by atoms with Gasteiger partial charge in [0.25, 0.3) is 0 Å². The number of sulfonamides is 1. The average Bonchev–Trinajstić information content (AvgIpc) is 2.73. The Bertz CT molecular complexity index is 605. The van der Waals surface area contributed by atoms with Gasteiger partial charge in [0.2, 0.25) is 10.0 Å². The second kappa shape index (κ2) is 5.22. The molecule has 0 amide bonds. The van der Waals surface area contributed by atoms with Crippen molar-refractivity contribution in [1.82, 2.24) is 10.2 Å². The van der Waals surface area contributed by atoms with Gasteiger partial charge in [-0.25, -0.2) is 8.42 Å². The third-order valence-electron chi connectivity index (χ3n) is 2.59. The van der Waals surface area contributed by atoms with Crippen molar-refractivity contribution in [2.75, 3.05) is 10.5 Å². The predicted molar refractivity (Wildman–Crippen MR) is 70.9 cm³/mol. The number of H-pyrrole nitrogens is 1. The van der Waals surface area contributed by atoms with Crippen LogP contribution >= 0.6 is 0 Å². The quantitative estimate of drug-likeness (QED) is 0.864. The first kappa shape index (κ1) is 12.6. The number of hydrogen-bond acceptors (Lipinski definition) is 3. The van der Waals surface area contributed by atoms with E-state index >= 15 is 0 Å². The summed E-state index contributed by atoms with van der Waals surface area (Å²) in [6.07, 6.45) is 2.07. The Hall–Kier alpha value is -1.82. The van der Waals surface area contributed by atoms with Crippen LogP contribution in [0.3, 0.4) is 0 Å². The highest BCUT2D eigenvalue weighted by Crippen LogP contribution is 2.11. The monoisotopic (exact) mass is 265 g/mol. The van der Waals surface area contributed by atoms with Crippen molar-refractivity contribution in [3.05, 3.63) is 47.7 Å². The highest BCUT2D eigenvalue weighted by molar-refractivity contribution is 7.92. The first-order chi connectivity index (χ1) is 8.57. The van der Waals surface area contributed by atoms with Crippen molar-refractivity contribution < 1.29 is 8.42 Å². The SMILES string of the molecule is Cc1cn[nH]c1NS(=O)(=O)CCc1ccccc1. The minimum Gasteiger partial charge on any atom is -0.267 e. The molecule has 5 nitrogen and oxygen atoms in total. The molecule has 96 valence electrons. The number of benzene rings is 1. The Labute approximate surface area is 106 Å². The summed E-state index contributed by atoms with van der Waals surface area (Å²) in [6, 6.07) is 9.53. The van der Waals surface area contributed by atoms with Gasteiger partial charge in [-0.1, -0.05) is 30.3 Å². The highest BCUT2D eigenvalue weighted by Gasteiger charge is 2.12. The number of aryl methyl sites for hydroxylation is 2. The molecule has 6 heteroatoms. The molecule has 0 unspecified atom stereocenters. The summed E-state index contributed by atoms with van der Waals surface area (Å²) in [5.74, 6) is 0.484. The fourth-order valence-corrected chi connectivity index (χ4v) is 2.68. The van der Waals surface area contributed by atoms with Crippen LogP contribution in [0.5, 0.6) is 0 Å². The number of nitrogens with zero attached hydrogens (tertiary/aromatic N) is 1. The summed E-state index contributed by atoms with van der Waals surface area (Å²) in [4.78, 5) is 0. The molecule has 2 rings (SSSR count). The minimum atomic E-state index is -3.35. The largest absolute Gasteiger partial charge is 0.267 e. The predicted octanol–water partition coefficient (Wildman–Crippen LogP) is 1.70. The molecule has 0 radical (unpaired) electrons.